The van der Waals surface area contributed by atoms with E-state index in [2.05, 4.69) is 31.3 Å². The maximum Gasteiger partial charge on any atom is 0.258 e. The van der Waals surface area contributed by atoms with Crippen LogP contribution in [0.4, 0.5) is 0 Å². The highest BCUT2D eigenvalue weighted by atomic mass is 35.5. The van der Waals surface area contributed by atoms with Crippen molar-refractivity contribution in [2.75, 3.05) is 13.2 Å². The largest absolute Gasteiger partial charge is 0.483 e. The Bertz CT molecular complexity index is 534. The molecule has 1 aromatic rings. The molecular formula is C19H31ClN2O2. The highest BCUT2D eigenvalue weighted by Crippen LogP contribution is 2.27. The minimum atomic E-state index is -0.0495. The number of amides is 1. The number of ether oxygens (including phenoxy) is 1. The molecule has 1 aliphatic rings. The van der Waals surface area contributed by atoms with Crippen molar-refractivity contribution in [3.63, 3.8) is 0 Å². The van der Waals surface area contributed by atoms with E-state index in [1.807, 2.05) is 13.0 Å². The van der Waals surface area contributed by atoms with Crippen LogP contribution in [0.5, 0.6) is 5.75 Å². The van der Waals surface area contributed by atoms with Crippen LogP contribution < -0.4 is 15.8 Å². The van der Waals surface area contributed by atoms with Gasteiger partial charge < -0.3 is 15.8 Å². The molecule has 0 heterocycles. The molecule has 0 bridgehead atoms. The molecule has 2 unspecified atom stereocenters. The van der Waals surface area contributed by atoms with Gasteiger partial charge in [-0.1, -0.05) is 38.8 Å². The zero-order valence-electron chi connectivity index (χ0n) is 15.0. The highest BCUT2D eigenvalue weighted by Gasteiger charge is 2.25. The van der Waals surface area contributed by atoms with Crippen molar-refractivity contribution in [1.82, 2.24) is 5.32 Å². The molecule has 24 heavy (non-hydrogen) atoms. The Morgan fingerprint density at radius 1 is 1.33 bits per heavy atom. The molecule has 0 radical (unpaired) electrons. The SMILES string of the molecule is Cc1ccc(C(C)C)c(OCC(=O)NC2CCCCC2CN)c1.Cl. The molecule has 0 saturated heterocycles. The van der Waals surface area contributed by atoms with Crippen molar-refractivity contribution in [3.8, 4) is 5.75 Å². The summed E-state index contributed by atoms with van der Waals surface area (Å²) in [6.45, 7) is 7.00. The molecule has 4 nitrogen and oxygen atoms in total. The minimum absolute atomic E-state index is 0. The molecule has 1 aromatic carbocycles. The van der Waals surface area contributed by atoms with Crippen molar-refractivity contribution in [2.24, 2.45) is 11.7 Å². The molecule has 2 rings (SSSR count). The second kappa shape index (κ2) is 9.90. The van der Waals surface area contributed by atoms with Crippen LogP contribution in [-0.2, 0) is 4.79 Å². The molecular weight excluding hydrogens is 324 g/mol. The Labute approximate surface area is 151 Å². The van der Waals surface area contributed by atoms with Gasteiger partial charge in [-0.15, -0.1) is 12.4 Å². The van der Waals surface area contributed by atoms with Gasteiger partial charge in [0.15, 0.2) is 6.61 Å². The zero-order valence-corrected chi connectivity index (χ0v) is 15.8. The Morgan fingerprint density at radius 3 is 2.71 bits per heavy atom. The third kappa shape index (κ3) is 5.67. The van der Waals surface area contributed by atoms with Crippen molar-refractivity contribution in [3.05, 3.63) is 29.3 Å². The van der Waals surface area contributed by atoms with Crippen LogP contribution in [0, 0.1) is 12.8 Å². The fraction of sp³-hybridized carbons (Fsp3) is 0.632. The lowest BCUT2D eigenvalue weighted by molar-refractivity contribution is -0.124. The summed E-state index contributed by atoms with van der Waals surface area (Å²) in [6, 6.07) is 6.37. The average Bonchev–Trinajstić information content (AvgIpc) is 2.53. The minimum Gasteiger partial charge on any atom is -0.483 e. The predicted molar refractivity (Wildman–Crippen MR) is 101 cm³/mol. The lowest BCUT2D eigenvalue weighted by atomic mass is 9.84. The second-order valence-electron chi connectivity index (χ2n) is 6.94. The van der Waals surface area contributed by atoms with E-state index >= 15 is 0 Å². The van der Waals surface area contributed by atoms with Gasteiger partial charge in [0.2, 0.25) is 0 Å². The second-order valence-corrected chi connectivity index (χ2v) is 6.94. The summed E-state index contributed by atoms with van der Waals surface area (Å²) in [7, 11) is 0. The molecule has 0 aliphatic heterocycles. The number of benzene rings is 1. The molecule has 5 heteroatoms. The van der Waals surface area contributed by atoms with Gasteiger partial charge in [-0.2, -0.15) is 0 Å². The van der Waals surface area contributed by atoms with Crippen LogP contribution in [0.1, 0.15) is 56.6 Å². The summed E-state index contributed by atoms with van der Waals surface area (Å²) in [6.07, 6.45) is 4.51. The lowest BCUT2D eigenvalue weighted by Gasteiger charge is -2.31. The molecule has 1 amide bonds. The first kappa shape index (κ1) is 20.8. The fourth-order valence-electron chi connectivity index (χ4n) is 3.32. The summed E-state index contributed by atoms with van der Waals surface area (Å²) in [5.74, 6) is 1.53. The van der Waals surface area contributed by atoms with Crippen LogP contribution in [0.2, 0.25) is 0 Å². The van der Waals surface area contributed by atoms with Crippen molar-refractivity contribution < 1.29 is 9.53 Å². The van der Waals surface area contributed by atoms with Gasteiger partial charge >= 0.3 is 0 Å². The predicted octanol–water partition coefficient (Wildman–Crippen LogP) is 3.55. The standard InChI is InChI=1S/C19H30N2O2.ClH/c1-13(2)16-9-8-14(3)10-18(16)23-12-19(22)21-17-7-5-4-6-15(17)11-20;/h8-10,13,15,17H,4-7,11-12,20H2,1-3H3,(H,21,22);1H. The number of nitrogens with two attached hydrogens (primary N) is 1. The van der Waals surface area contributed by atoms with Crippen LogP contribution in [-0.4, -0.2) is 25.1 Å². The van der Waals surface area contributed by atoms with Crippen LogP contribution in [0.3, 0.4) is 0 Å². The Kier molecular flexibility index (Phi) is 8.57. The topological polar surface area (TPSA) is 64.3 Å². The quantitative estimate of drug-likeness (QED) is 0.821. The molecule has 1 aliphatic carbocycles. The summed E-state index contributed by atoms with van der Waals surface area (Å²) >= 11 is 0. The zero-order chi connectivity index (χ0) is 16.8. The summed E-state index contributed by atoms with van der Waals surface area (Å²) < 4.78 is 5.81. The van der Waals surface area contributed by atoms with Gasteiger partial charge in [-0.25, -0.2) is 0 Å². The van der Waals surface area contributed by atoms with Gasteiger partial charge in [0.1, 0.15) is 5.75 Å². The number of rotatable bonds is 6. The average molecular weight is 355 g/mol. The number of carbonyl (C=O) groups excluding carboxylic acids is 1. The Balaban J connectivity index is 0.00000288. The van der Waals surface area contributed by atoms with Crippen molar-refractivity contribution in [2.45, 2.75) is 58.4 Å². The number of halogens is 1. The van der Waals surface area contributed by atoms with Crippen molar-refractivity contribution in [1.29, 1.82) is 0 Å². The van der Waals surface area contributed by atoms with Gasteiger partial charge in [0, 0.05) is 6.04 Å². The lowest BCUT2D eigenvalue weighted by Crippen LogP contribution is -2.46. The normalized spacial score (nSPS) is 20.4. The van der Waals surface area contributed by atoms with Gasteiger partial charge in [-0.3, -0.25) is 4.79 Å². The summed E-state index contributed by atoms with van der Waals surface area (Å²) in [4.78, 5) is 12.2. The van der Waals surface area contributed by atoms with E-state index in [4.69, 9.17) is 10.5 Å². The third-order valence-electron chi connectivity index (χ3n) is 4.71. The fourth-order valence-corrected chi connectivity index (χ4v) is 3.32. The molecule has 3 N–H and O–H groups in total. The third-order valence-corrected chi connectivity index (χ3v) is 4.71. The number of nitrogens with one attached hydrogen (secondary N) is 1. The highest BCUT2D eigenvalue weighted by molar-refractivity contribution is 5.85. The first-order chi connectivity index (χ1) is 11.0. The number of carbonyl (C=O) groups is 1. The van der Waals surface area contributed by atoms with E-state index in [1.165, 1.54) is 6.42 Å². The number of aryl methyl sites for hydroxylation is 1. The van der Waals surface area contributed by atoms with E-state index in [1.54, 1.807) is 0 Å². The van der Waals surface area contributed by atoms with Crippen molar-refractivity contribution >= 4 is 18.3 Å². The maximum absolute atomic E-state index is 12.2. The van der Waals surface area contributed by atoms with Gasteiger partial charge in [-0.05, 0) is 55.3 Å². The van der Waals surface area contributed by atoms with Crippen LogP contribution in [0.25, 0.3) is 0 Å². The van der Waals surface area contributed by atoms with E-state index < -0.39 is 0 Å². The van der Waals surface area contributed by atoms with Gasteiger partial charge in [0.25, 0.3) is 5.91 Å². The van der Waals surface area contributed by atoms with Crippen LogP contribution >= 0.6 is 12.4 Å². The first-order valence-corrected chi connectivity index (χ1v) is 8.74. The molecule has 0 spiro atoms. The molecule has 1 fully saturated rings. The Hall–Kier alpha value is -1.26. The molecule has 2 atom stereocenters. The smallest absolute Gasteiger partial charge is 0.258 e. The van der Waals surface area contributed by atoms with E-state index in [0.717, 1.165) is 36.1 Å². The maximum atomic E-state index is 12.2. The van der Waals surface area contributed by atoms with E-state index in [-0.39, 0.29) is 31.0 Å². The first-order valence-electron chi connectivity index (χ1n) is 8.74. The molecule has 0 aromatic heterocycles. The number of hydrogen-bond donors (Lipinski definition) is 2. The number of hydrogen-bond acceptors (Lipinski definition) is 3. The summed E-state index contributed by atoms with van der Waals surface area (Å²) in [5, 5.41) is 3.11. The Morgan fingerprint density at radius 2 is 2.04 bits per heavy atom. The monoisotopic (exact) mass is 354 g/mol. The van der Waals surface area contributed by atoms with Gasteiger partial charge in [0.05, 0.1) is 0 Å². The molecule has 136 valence electrons. The molecule has 1 saturated carbocycles. The van der Waals surface area contributed by atoms with E-state index in [0.29, 0.717) is 18.4 Å². The summed E-state index contributed by atoms with van der Waals surface area (Å²) in [5.41, 5.74) is 8.10. The van der Waals surface area contributed by atoms with E-state index in [9.17, 15) is 4.79 Å². The van der Waals surface area contributed by atoms with Crippen LogP contribution in [0.15, 0.2) is 18.2 Å².